The number of likely N-dealkylation sites (N-methyl/N-ethyl adjacent to an activating group) is 1. The van der Waals surface area contributed by atoms with Gasteiger partial charge in [-0.05, 0) is 39.3 Å². The number of hydrogen-bond donors (Lipinski definition) is 2. The van der Waals surface area contributed by atoms with Gasteiger partial charge in [0, 0.05) is 25.2 Å². The molecule has 20 heavy (non-hydrogen) atoms. The van der Waals surface area contributed by atoms with Crippen molar-refractivity contribution in [3.05, 3.63) is 0 Å². The molecule has 2 fully saturated rings. The van der Waals surface area contributed by atoms with E-state index in [4.69, 9.17) is 5.11 Å². The first-order valence-corrected chi connectivity index (χ1v) is 7.56. The highest BCUT2D eigenvalue weighted by molar-refractivity contribution is 5.78. The molecule has 0 aromatic carbocycles. The normalized spacial score (nSPS) is 30.7. The first kappa shape index (κ1) is 15.1. The number of rotatable bonds is 4. The van der Waals surface area contributed by atoms with Crippen LogP contribution in [0.2, 0.25) is 0 Å². The maximum atomic E-state index is 12.2. The van der Waals surface area contributed by atoms with E-state index in [0.717, 1.165) is 19.5 Å². The standard InChI is InChI=1S/C14H25N3O3/c1-3-16-7-4-5-11(16)9-15-14(20)17-8-6-12(10(17)2)13(18)19/h10-12H,3-9H2,1-2H3,(H,15,20)(H,18,19). The Hall–Kier alpha value is -1.30. The minimum absolute atomic E-state index is 0.121. The SMILES string of the molecule is CCN1CCCC1CNC(=O)N1CCC(C(=O)O)C1C. The number of nitrogens with zero attached hydrogens (tertiary/aromatic N) is 2. The molecule has 0 aromatic heterocycles. The first-order chi connectivity index (χ1) is 9.54. The summed E-state index contributed by atoms with van der Waals surface area (Å²) in [6.45, 7) is 7.28. The Labute approximate surface area is 120 Å². The lowest BCUT2D eigenvalue weighted by Gasteiger charge is -2.27. The van der Waals surface area contributed by atoms with Crippen LogP contribution in [0.3, 0.4) is 0 Å². The van der Waals surface area contributed by atoms with Crippen LogP contribution >= 0.6 is 0 Å². The van der Waals surface area contributed by atoms with Gasteiger partial charge in [-0.25, -0.2) is 4.79 Å². The van der Waals surface area contributed by atoms with E-state index in [1.165, 1.54) is 6.42 Å². The zero-order valence-electron chi connectivity index (χ0n) is 12.3. The lowest BCUT2D eigenvalue weighted by Crippen LogP contribution is -2.47. The maximum Gasteiger partial charge on any atom is 0.317 e. The van der Waals surface area contributed by atoms with Gasteiger partial charge in [-0.3, -0.25) is 9.69 Å². The van der Waals surface area contributed by atoms with Crippen LogP contribution in [-0.2, 0) is 4.79 Å². The molecule has 6 nitrogen and oxygen atoms in total. The van der Waals surface area contributed by atoms with Gasteiger partial charge in [0.25, 0.3) is 0 Å². The molecule has 2 saturated heterocycles. The highest BCUT2D eigenvalue weighted by Crippen LogP contribution is 2.24. The van der Waals surface area contributed by atoms with Crippen molar-refractivity contribution in [2.24, 2.45) is 5.92 Å². The first-order valence-electron chi connectivity index (χ1n) is 7.56. The van der Waals surface area contributed by atoms with E-state index in [1.807, 2.05) is 6.92 Å². The summed E-state index contributed by atoms with van der Waals surface area (Å²) in [5.41, 5.74) is 0. The van der Waals surface area contributed by atoms with Gasteiger partial charge in [0.1, 0.15) is 0 Å². The van der Waals surface area contributed by atoms with Crippen molar-refractivity contribution in [1.82, 2.24) is 15.1 Å². The van der Waals surface area contributed by atoms with Gasteiger partial charge in [-0.1, -0.05) is 6.92 Å². The van der Waals surface area contributed by atoms with Crippen molar-refractivity contribution in [3.8, 4) is 0 Å². The second-order valence-corrected chi connectivity index (χ2v) is 5.78. The molecule has 0 aromatic rings. The minimum Gasteiger partial charge on any atom is -0.481 e. The summed E-state index contributed by atoms with van der Waals surface area (Å²) in [6.07, 6.45) is 2.87. The van der Waals surface area contributed by atoms with Crippen LogP contribution in [0.15, 0.2) is 0 Å². The highest BCUT2D eigenvalue weighted by atomic mass is 16.4. The van der Waals surface area contributed by atoms with Crippen molar-refractivity contribution >= 4 is 12.0 Å². The number of carboxylic acids is 1. The summed E-state index contributed by atoms with van der Waals surface area (Å²) in [5.74, 6) is -1.24. The lowest BCUT2D eigenvalue weighted by atomic mass is 10.0. The van der Waals surface area contributed by atoms with Crippen molar-refractivity contribution in [2.45, 2.75) is 45.2 Å². The molecule has 2 heterocycles. The van der Waals surface area contributed by atoms with E-state index in [2.05, 4.69) is 17.1 Å². The molecule has 2 N–H and O–H groups in total. The molecule has 0 aliphatic carbocycles. The summed E-state index contributed by atoms with van der Waals surface area (Å²) in [5, 5.41) is 12.1. The quantitative estimate of drug-likeness (QED) is 0.806. The molecular weight excluding hydrogens is 258 g/mol. The summed E-state index contributed by atoms with van der Waals surface area (Å²) in [4.78, 5) is 27.3. The predicted octanol–water partition coefficient (Wildman–Crippen LogP) is 0.975. The molecule has 0 spiro atoms. The average molecular weight is 283 g/mol. The Morgan fingerprint density at radius 1 is 1.30 bits per heavy atom. The second-order valence-electron chi connectivity index (χ2n) is 5.78. The van der Waals surface area contributed by atoms with Crippen molar-refractivity contribution < 1.29 is 14.7 Å². The van der Waals surface area contributed by atoms with Gasteiger partial charge >= 0.3 is 12.0 Å². The van der Waals surface area contributed by atoms with Crippen LogP contribution in [-0.4, -0.2) is 65.2 Å². The zero-order chi connectivity index (χ0) is 14.7. The number of urea groups is 1. The Morgan fingerprint density at radius 2 is 2.05 bits per heavy atom. The van der Waals surface area contributed by atoms with E-state index in [-0.39, 0.29) is 12.1 Å². The fourth-order valence-corrected chi connectivity index (χ4v) is 3.41. The van der Waals surface area contributed by atoms with Gasteiger partial charge < -0.3 is 15.3 Å². The van der Waals surface area contributed by atoms with E-state index in [0.29, 0.717) is 25.6 Å². The van der Waals surface area contributed by atoms with Crippen molar-refractivity contribution in [3.63, 3.8) is 0 Å². The molecular formula is C14H25N3O3. The molecule has 2 aliphatic rings. The molecule has 2 aliphatic heterocycles. The number of likely N-dealkylation sites (tertiary alicyclic amines) is 2. The molecule has 3 unspecified atom stereocenters. The summed E-state index contributed by atoms with van der Waals surface area (Å²) in [7, 11) is 0. The van der Waals surface area contributed by atoms with Crippen LogP contribution in [0.4, 0.5) is 4.79 Å². The second kappa shape index (κ2) is 6.43. The Kier molecular flexibility index (Phi) is 4.86. The molecule has 6 heteroatoms. The fourth-order valence-electron chi connectivity index (χ4n) is 3.41. The predicted molar refractivity (Wildman–Crippen MR) is 75.6 cm³/mol. The van der Waals surface area contributed by atoms with Crippen molar-refractivity contribution in [1.29, 1.82) is 0 Å². The summed E-state index contributed by atoms with van der Waals surface area (Å²) in [6, 6.07) is 0.0830. The van der Waals surface area contributed by atoms with Crippen LogP contribution < -0.4 is 5.32 Å². The molecule has 2 amide bonds. The number of nitrogens with one attached hydrogen (secondary N) is 1. The monoisotopic (exact) mass is 283 g/mol. The van der Waals surface area contributed by atoms with E-state index in [1.54, 1.807) is 4.90 Å². The van der Waals surface area contributed by atoms with Crippen LogP contribution in [0.25, 0.3) is 0 Å². The fraction of sp³-hybridized carbons (Fsp3) is 0.857. The third-order valence-electron chi connectivity index (χ3n) is 4.73. The van der Waals surface area contributed by atoms with Gasteiger partial charge in [0.05, 0.1) is 5.92 Å². The van der Waals surface area contributed by atoms with Crippen LogP contribution in [0.5, 0.6) is 0 Å². The molecule has 114 valence electrons. The van der Waals surface area contributed by atoms with Crippen LogP contribution in [0, 0.1) is 5.92 Å². The maximum absolute atomic E-state index is 12.2. The highest BCUT2D eigenvalue weighted by Gasteiger charge is 2.38. The van der Waals surface area contributed by atoms with Crippen molar-refractivity contribution in [2.75, 3.05) is 26.2 Å². The van der Waals surface area contributed by atoms with E-state index >= 15 is 0 Å². The summed E-state index contributed by atoms with van der Waals surface area (Å²) < 4.78 is 0. The minimum atomic E-state index is -0.805. The largest absolute Gasteiger partial charge is 0.481 e. The number of hydrogen-bond acceptors (Lipinski definition) is 3. The molecule has 0 saturated carbocycles. The molecule has 0 bridgehead atoms. The molecule has 0 radical (unpaired) electrons. The number of carbonyl (C=O) groups is 2. The smallest absolute Gasteiger partial charge is 0.317 e. The number of carbonyl (C=O) groups excluding carboxylic acids is 1. The Bertz CT molecular complexity index is 375. The van der Waals surface area contributed by atoms with Gasteiger partial charge in [-0.15, -0.1) is 0 Å². The Balaban J connectivity index is 1.82. The number of amides is 2. The van der Waals surface area contributed by atoms with E-state index < -0.39 is 11.9 Å². The average Bonchev–Trinajstić information content (AvgIpc) is 3.01. The third kappa shape index (κ3) is 3.06. The summed E-state index contributed by atoms with van der Waals surface area (Å²) >= 11 is 0. The molecule has 3 atom stereocenters. The lowest BCUT2D eigenvalue weighted by molar-refractivity contribution is -0.142. The Morgan fingerprint density at radius 3 is 2.65 bits per heavy atom. The third-order valence-corrected chi connectivity index (χ3v) is 4.73. The zero-order valence-corrected chi connectivity index (χ0v) is 12.3. The van der Waals surface area contributed by atoms with Gasteiger partial charge in [-0.2, -0.15) is 0 Å². The number of carboxylic acid groups (broad SMARTS) is 1. The van der Waals surface area contributed by atoms with Crippen LogP contribution in [0.1, 0.15) is 33.1 Å². The number of aliphatic carboxylic acids is 1. The molecule has 2 rings (SSSR count). The topological polar surface area (TPSA) is 72.9 Å². The van der Waals surface area contributed by atoms with Gasteiger partial charge in [0.15, 0.2) is 0 Å². The van der Waals surface area contributed by atoms with Gasteiger partial charge in [0.2, 0.25) is 0 Å². The van der Waals surface area contributed by atoms with E-state index in [9.17, 15) is 9.59 Å².